The number of carboxylic acid groups (broad SMARTS) is 2. The topological polar surface area (TPSA) is 169 Å². The van der Waals surface area contributed by atoms with E-state index in [1.165, 1.54) is 0 Å². The Bertz CT molecular complexity index is 152. The first-order chi connectivity index (χ1) is 4.54. The average molecular weight is 318 g/mol. The molecule has 0 aliphatic rings. The van der Waals surface area contributed by atoms with Gasteiger partial charge in [-0.3, -0.25) is 0 Å². The van der Waals surface area contributed by atoms with Crippen LogP contribution in [-0.2, 0) is 9.59 Å². The maximum atomic E-state index is 9.86. The number of carbonyl (C=O) groups excluding carboxylic acids is 2. The Labute approximate surface area is 115 Å². The molecule has 0 aromatic carbocycles. The standard InChI is InChI=1S/C5H9NO4.Ba.2H2O/c6-3(5(9)10)1-2-4(7)8;;;/h3H,1-2,6H2,(H,7,8)(H,9,10);;2*1H2/q;+2;;/p-2/t3-;;;/m0.../s1. The summed E-state index contributed by atoms with van der Waals surface area (Å²) in [4.78, 5) is 19.6. The van der Waals surface area contributed by atoms with Gasteiger partial charge in [0, 0.05) is 12.0 Å². The molecule has 8 heteroatoms. The summed E-state index contributed by atoms with van der Waals surface area (Å²) >= 11 is 0. The van der Waals surface area contributed by atoms with E-state index in [1.54, 1.807) is 0 Å². The van der Waals surface area contributed by atoms with E-state index in [0.29, 0.717) is 0 Å². The number of carbonyl (C=O) groups is 2. The van der Waals surface area contributed by atoms with Crippen LogP contribution in [0.5, 0.6) is 0 Å². The molecule has 74 valence electrons. The van der Waals surface area contributed by atoms with Crippen molar-refractivity contribution in [1.29, 1.82) is 0 Å². The van der Waals surface area contributed by atoms with Crippen LogP contribution in [0.15, 0.2) is 0 Å². The zero-order chi connectivity index (χ0) is 8.15. The molecule has 6 N–H and O–H groups in total. The number of hydrogen-bond acceptors (Lipinski definition) is 5. The first kappa shape index (κ1) is 23.3. The van der Waals surface area contributed by atoms with Gasteiger partial charge >= 0.3 is 48.9 Å². The van der Waals surface area contributed by atoms with Crippen molar-refractivity contribution in [2.45, 2.75) is 18.9 Å². The molecular weight excluding hydrogens is 307 g/mol. The molecule has 0 saturated heterocycles. The van der Waals surface area contributed by atoms with Gasteiger partial charge in [0.2, 0.25) is 0 Å². The number of rotatable bonds is 4. The zero-order valence-corrected chi connectivity index (χ0v) is 11.3. The van der Waals surface area contributed by atoms with E-state index in [9.17, 15) is 19.8 Å². The van der Waals surface area contributed by atoms with Gasteiger partial charge in [0.1, 0.15) is 0 Å². The fraction of sp³-hybridized carbons (Fsp3) is 0.600. The molecule has 0 aliphatic carbocycles. The molecule has 0 amide bonds. The summed E-state index contributed by atoms with van der Waals surface area (Å²) in [5, 5.41) is 19.6. The fourth-order valence-corrected chi connectivity index (χ4v) is 0.391. The summed E-state index contributed by atoms with van der Waals surface area (Å²) in [5.74, 6) is -2.75. The molecule has 0 heterocycles. The molecule has 7 nitrogen and oxygen atoms in total. The van der Waals surface area contributed by atoms with Crippen LogP contribution in [0.2, 0.25) is 0 Å². The van der Waals surface area contributed by atoms with Crippen LogP contribution in [0.3, 0.4) is 0 Å². The summed E-state index contributed by atoms with van der Waals surface area (Å²) in [7, 11) is 0. The minimum absolute atomic E-state index is 0. The Morgan fingerprint density at radius 3 is 1.85 bits per heavy atom. The second kappa shape index (κ2) is 12.4. The minimum Gasteiger partial charge on any atom is -0.550 e. The largest absolute Gasteiger partial charge is 2.00 e. The number of hydrogen-bond donors (Lipinski definition) is 1. The summed E-state index contributed by atoms with van der Waals surface area (Å²) < 4.78 is 0. The minimum atomic E-state index is -1.44. The maximum Gasteiger partial charge on any atom is 2.00 e. The Kier molecular flexibility index (Phi) is 22.2. The van der Waals surface area contributed by atoms with Crippen molar-refractivity contribution in [3.63, 3.8) is 0 Å². The Balaban J connectivity index is -0.000000135. The first-order valence-corrected chi connectivity index (χ1v) is 2.70. The van der Waals surface area contributed by atoms with Crippen molar-refractivity contribution in [3.05, 3.63) is 0 Å². The van der Waals surface area contributed by atoms with E-state index in [1.807, 2.05) is 0 Å². The molecule has 0 fully saturated rings. The van der Waals surface area contributed by atoms with Crippen LogP contribution in [0.1, 0.15) is 12.8 Å². The third-order valence-corrected chi connectivity index (χ3v) is 0.962. The molecule has 0 bridgehead atoms. The van der Waals surface area contributed by atoms with Gasteiger partial charge in [-0.05, 0) is 12.8 Å². The quantitative estimate of drug-likeness (QED) is 0.509. The van der Waals surface area contributed by atoms with E-state index in [-0.39, 0.29) is 72.7 Å². The van der Waals surface area contributed by atoms with Gasteiger partial charge < -0.3 is 36.5 Å². The van der Waals surface area contributed by atoms with Gasteiger partial charge in [0.25, 0.3) is 0 Å². The van der Waals surface area contributed by atoms with Crippen LogP contribution in [-0.4, -0.2) is 77.8 Å². The first-order valence-electron chi connectivity index (χ1n) is 2.70. The van der Waals surface area contributed by atoms with Crippen LogP contribution < -0.4 is 15.9 Å². The number of aliphatic carboxylic acids is 2. The Morgan fingerprint density at radius 1 is 1.23 bits per heavy atom. The third kappa shape index (κ3) is 15.2. The van der Waals surface area contributed by atoms with Crippen molar-refractivity contribution >= 4 is 60.8 Å². The van der Waals surface area contributed by atoms with E-state index in [0.717, 1.165) is 0 Å². The Morgan fingerprint density at radius 2 is 1.62 bits per heavy atom. The van der Waals surface area contributed by atoms with Crippen molar-refractivity contribution in [1.82, 2.24) is 0 Å². The normalized spacial score (nSPS) is 9.62. The smallest absolute Gasteiger partial charge is 0.550 e. The van der Waals surface area contributed by atoms with Crippen molar-refractivity contribution in [2.75, 3.05) is 0 Å². The van der Waals surface area contributed by atoms with Crippen LogP contribution in [0, 0.1) is 0 Å². The summed E-state index contributed by atoms with van der Waals surface area (Å²) in [6.45, 7) is 0. The van der Waals surface area contributed by atoms with Gasteiger partial charge in [-0.15, -0.1) is 0 Å². The molecule has 0 aromatic rings. The SMILES string of the molecule is N[C@@H](CCC(=O)[O-])C(=O)[O-].O.O.[Ba+2]. The van der Waals surface area contributed by atoms with Crippen molar-refractivity contribution in [2.24, 2.45) is 5.73 Å². The van der Waals surface area contributed by atoms with Crippen LogP contribution in [0.4, 0.5) is 0 Å². The van der Waals surface area contributed by atoms with E-state index in [4.69, 9.17) is 5.73 Å². The van der Waals surface area contributed by atoms with Gasteiger partial charge in [-0.25, -0.2) is 0 Å². The predicted molar refractivity (Wildman–Crippen MR) is 40.2 cm³/mol. The molecule has 0 radical (unpaired) electrons. The molecule has 13 heavy (non-hydrogen) atoms. The average Bonchev–Trinajstić information content (AvgIpc) is 1.82. The van der Waals surface area contributed by atoms with Crippen LogP contribution >= 0.6 is 0 Å². The molecule has 0 spiro atoms. The molecule has 1 atom stereocenters. The zero-order valence-electron chi connectivity index (χ0n) is 6.91. The third-order valence-electron chi connectivity index (χ3n) is 0.962. The molecule has 0 rings (SSSR count). The van der Waals surface area contributed by atoms with Gasteiger partial charge in [0.05, 0.1) is 5.97 Å². The van der Waals surface area contributed by atoms with Gasteiger partial charge in [-0.1, -0.05) is 0 Å². The monoisotopic (exact) mass is 319 g/mol. The molecule has 0 aromatic heterocycles. The number of nitrogens with two attached hydrogens (primary N) is 1. The molecular formula is C5H11BaNO6. The number of carboxylic acids is 2. The summed E-state index contributed by atoms with van der Waals surface area (Å²) in [6, 6.07) is -1.21. The van der Waals surface area contributed by atoms with Crippen LogP contribution in [0.25, 0.3) is 0 Å². The van der Waals surface area contributed by atoms with Gasteiger partial charge in [-0.2, -0.15) is 0 Å². The van der Waals surface area contributed by atoms with E-state index in [2.05, 4.69) is 0 Å². The summed E-state index contributed by atoms with van der Waals surface area (Å²) in [6.07, 6.45) is -0.500. The predicted octanol–water partition coefficient (Wildman–Crippen LogP) is -5.44. The second-order valence-corrected chi connectivity index (χ2v) is 1.84. The summed E-state index contributed by atoms with van der Waals surface area (Å²) in [5.41, 5.74) is 4.91. The van der Waals surface area contributed by atoms with Crippen molar-refractivity contribution < 1.29 is 30.8 Å². The fourth-order valence-electron chi connectivity index (χ4n) is 0.391. The second-order valence-electron chi connectivity index (χ2n) is 1.84. The Hall–Kier alpha value is 0.391. The molecule has 0 unspecified atom stereocenters. The molecule has 0 aliphatic heterocycles. The molecule has 0 saturated carbocycles. The van der Waals surface area contributed by atoms with Gasteiger partial charge in [0.15, 0.2) is 0 Å². The maximum absolute atomic E-state index is 9.86. The van der Waals surface area contributed by atoms with E-state index < -0.39 is 18.0 Å². The van der Waals surface area contributed by atoms with E-state index >= 15 is 0 Å². The van der Waals surface area contributed by atoms with Crippen molar-refractivity contribution in [3.8, 4) is 0 Å².